The van der Waals surface area contributed by atoms with Gasteiger partial charge in [-0.05, 0) is 92.8 Å². The number of carboxylic acid groups (broad SMARTS) is 1. The van der Waals surface area contributed by atoms with Crippen LogP contribution in [0.15, 0.2) is 11.6 Å². The number of fused-ring (bicyclic) bond motifs is 5. The van der Waals surface area contributed by atoms with Gasteiger partial charge in [-0.25, -0.2) is 0 Å². The normalized spacial score (nSPS) is 47.4. The molecule has 27 heavy (non-hydrogen) atoms. The molecule has 0 aromatic carbocycles. The maximum absolute atomic E-state index is 11.0. The van der Waals surface area contributed by atoms with Crippen molar-refractivity contribution in [3.05, 3.63) is 11.6 Å². The number of aliphatic carboxylic acids is 1. The Morgan fingerprint density at radius 2 is 2.00 bits per heavy atom. The molecule has 0 aliphatic heterocycles. The molecule has 0 amide bonds. The first-order valence-electron chi connectivity index (χ1n) is 11.4. The molecule has 2 N–H and O–H groups in total. The third-order valence-electron chi connectivity index (χ3n) is 9.73. The number of allylic oxidation sites excluding steroid dienone is 1. The number of aliphatic hydroxyl groups excluding tert-OH is 1. The molecule has 0 radical (unpaired) electrons. The van der Waals surface area contributed by atoms with Crippen LogP contribution in [0, 0.1) is 40.4 Å². The number of aliphatic hydroxyl groups is 1. The second-order valence-electron chi connectivity index (χ2n) is 10.7. The minimum atomic E-state index is -0.658. The van der Waals surface area contributed by atoms with Gasteiger partial charge in [-0.1, -0.05) is 32.4 Å². The Bertz CT molecular complexity index is 625. The van der Waals surface area contributed by atoms with Crippen LogP contribution in [-0.2, 0) is 4.79 Å². The molecule has 0 spiro atoms. The lowest BCUT2D eigenvalue weighted by atomic mass is 9.46. The Kier molecular flexibility index (Phi) is 4.98. The van der Waals surface area contributed by atoms with Crippen molar-refractivity contribution < 1.29 is 15.0 Å². The van der Waals surface area contributed by atoms with E-state index < -0.39 is 5.97 Å². The zero-order chi connectivity index (χ0) is 19.4. The van der Waals surface area contributed by atoms with Crippen molar-refractivity contribution in [3.8, 4) is 0 Å². The predicted molar refractivity (Wildman–Crippen MR) is 107 cm³/mol. The minimum Gasteiger partial charge on any atom is -0.481 e. The van der Waals surface area contributed by atoms with Gasteiger partial charge < -0.3 is 10.2 Å². The van der Waals surface area contributed by atoms with Gasteiger partial charge in [-0.2, -0.15) is 0 Å². The summed E-state index contributed by atoms with van der Waals surface area (Å²) in [6.45, 7) is 7.17. The first-order valence-corrected chi connectivity index (χ1v) is 11.4. The van der Waals surface area contributed by atoms with Crippen molar-refractivity contribution in [2.24, 2.45) is 40.4 Å². The van der Waals surface area contributed by atoms with Crippen molar-refractivity contribution >= 4 is 5.97 Å². The quantitative estimate of drug-likeness (QED) is 0.645. The van der Waals surface area contributed by atoms with Crippen LogP contribution in [0.25, 0.3) is 0 Å². The molecule has 0 heterocycles. The molecule has 152 valence electrons. The van der Waals surface area contributed by atoms with E-state index in [9.17, 15) is 9.90 Å². The number of hydrogen-bond acceptors (Lipinski definition) is 2. The SMILES string of the molecule is C[C@H](CCC(=O)O)[C@H]1CC[C@H]2[C@@H]3CC=C4CCCC(O)[C@]4(C)[C@H]3CC[C@]12C. The highest BCUT2D eigenvalue weighted by Gasteiger charge is 2.60. The van der Waals surface area contributed by atoms with E-state index in [1.807, 2.05) is 0 Å². The third kappa shape index (κ3) is 2.91. The fourth-order valence-corrected chi connectivity index (χ4v) is 8.24. The van der Waals surface area contributed by atoms with E-state index in [0.717, 1.165) is 25.2 Å². The zero-order valence-electron chi connectivity index (χ0n) is 17.4. The Labute approximate surface area is 164 Å². The van der Waals surface area contributed by atoms with Gasteiger partial charge in [0.25, 0.3) is 0 Å². The minimum absolute atomic E-state index is 0.00943. The molecule has 0 bridgehead atoms. The Morgan fingerprint density at radius 3 is 2.74 bits per heavy atom. The molecule has 4 aliphatic rings. The summed E-state index contributed by atoms with van der Waals surface area (Å²) in [6, 6.07) is 0. The number of rotatable bonds is 4. The number of carbonyl (C=O) groups is 1. The van der Waals surface area contributed by atoms with Crippen molar-refractivity contribution in [1.82, 2.24) is 0 Å². The molecule has 4 rings (SSSR count). The Morgan fingerprint density at radius 1 is 1.22 bits per heavy atom. The highest BCUT2D eigenvalue weighted by atomic mass is 16.4. The molecular weight excluding hydrogens is 336 g/mol. The molecule has 8 atom stereocenters. The fraction of sp³-hybridized carbons (Fsp3) is 0.875. The van der Waals surface area contributed by atoms with E-state index in [1.165, 1.54) is 38.5 Å². The van der Waals surface area contributed by atoms with Gasteiger partial charge >= 0.3 is 5.97 Å². The van der Waals surface area contributed by atoms with Crippen LogP contribution in [0.4, 0.5) is 0 Å². The summed E-state index contributed by atoms with van der Waals surface area (Å²) in [5.41, 5.74) is 1.92. The topological polar surface area (TPSA) is 57.5 Å². The lowest BCUT2D eigenvalue weighted by Crippen LogP contribution is -2.54. The Hall–Kier alpha value is -0.830. The fourth-order valence-electron chi connectivity index (χ4n) is 8.24. The smallest absolute Gasteiger partial charge is 0.303 e. The van der Waals surface area contributed by atoms with Gasteiger partial charge in [0, 0.05) is 11.8 Å². The zero-order valence-corrected chi connectivity index (χ0v) is 17.4. The van der Waals surface area contributed by atoms with Crippen LogP contribution in [-0.4, -0.2) is 22.3 Å². The predicted octanol–water partition coefficient (Wildman–Crippen LogP) is 5.43. The summed E-state index contributed by atoms with van der Waals surface area (Å²) >= 11 is 0. The molecule has 3 fully saturated rings. The van der Waals surface area contributed by atoms with E-state index in [4.69, 9.17) is 5.11 Å². The van der Waals surface area contributed by atoms with Crippen LogP contribution in [0.5, 0.6) is 0 Å². The van der Waals surface area contributed by atoms with E-state index in [2.05, 4.69) is 26.8 Å². The molecule has 4 aliphatic carbocycles. The van der Waals surface area contributed by atoms with Gasteiger partial charge in [0.05, 0.1) is 6.10 Å². The molecule has 1 unspecified atom stereocenters. The molecule has 3 saturated carbocycles. The maximum Gasteiger partial charge on any atom is 0.303 e. The first-order chi connectivity index (χ1) is 12.8. The van der Waals surface area contributed by atoms with Crippen molar-refractivity contribution in [2.75, 3.05) is 0 Å². The summed E-state index contributed by atoms with van der Waals surface area (Å²) in [4.78, 5) is 11.0. The van der Waals surface area contributed by atoms with Gasteiger partial charge in [-0.3, -0.25) is 4.79 Å². The van der Waals surface area contributed by atoms with Crippen LogP contribution in [0.1, 0.15) is 85.0 Å². The van der Waals surface area contributed by atoms with Gasteiger partial charge in [0.15, 0.2) is 0 Å². The summed E-state index contributed by atoms with van der Waals surface area (Å²) in [5, 5.41) is 20.1. The van der Waals surface area contributed by atoms with Crippen molar-refractivity contribution in [3.63, 3.8) is 0 Å². The molecular formula is C24H38O3. The Balaban J connectivity index is 1.57. The van der Waals surface area contributed by atoms with Gasteiger partial charge in [-0.15, -0.1) is 0 Å². The van der Waals surface area contributed by atoms with Crippen molar-refractivity contribution in [1.29, 1.82) is 0 Å². The monoisotopic (exact) mass is 374 g/mol. The van der Waals surface area contributed by atoms with E-state index in [1.54, 1.807) is 5.57 Å². The molecule has 3 heteroatoms. The van der Waals surface area contributed by atoms with Gasteiger partial charge in [0.1, 0.15) is 0 Å². The molecule has 0 aromatic rings. The van der Waals surface area contributed by atoms with Crippen LogP contribution in [0.2, 0.25) is 0 Å². The summed E-state index contributed by atoms with van der Waals surface area (Å²) < 4.78 is 0. The largest absolute Gasteiger partial charge is 0.481 e. The second kappa shape index (κ2) is 6.90. The van der Waals surface area contributed by atoms with Crippen LogP contribution in [0.3, 0.4) is 0 Å². The first kappa shape index (κ1) is 19.5. The third-order valence-corrected chi connectivity index (χ3v) is 9.73. The van der Waals surface area contributed by atoms with E-state index >= 15 is 0 Å². The number of carboxylic acids is 1. The number of hydrogen-bond donors (Lipinski definition) is 2. The molecule has 0 saturated heterocycles. The summed E-state index contributed by atoms with van der Waals surface area (Å²) in [6.07, 6.45) is 13.0. The average molecular weight is 375 g/mol. The van der Waals surface area contributed by atoms with E-state index in [-0.39, 0.29) is 11.5 Å². The van der Waals surface area contributed by atoms with Crippen LogP contribution >= 0.6 is 0 Å². The van der Waals surface area contributed by atoms with Crippen LogP contribution < -0.4 is 0 Å². The average Bonchev–Trinajstić information content (AvgIpc) is 2.98. The summed E-state index contributed by atoms with van der Waals surface area (Å²) in [7, 11) is 0. The second-order valence-corrected chi connectivity index (χ2v) is 10.7. The lowest BCUT2D eigenvalue weighted by molar-refractivity contribution is -0.137. The van der Waals surface area contributed by atoms with E-state index in [0.29, 0.717) is 35.5 Å². The highest BCUT2D eigenvalue weighted by molar-refractivity contribution is 5.66. The van der Waals surface area contributed by atoms with Gasteiger partial charge in [0.2, 0.25) is 0 Å². The molecule has 3 nitrogen and oxygen atoms in total. The lowest BCUT2D eigenvalue weighted by Gasteiger charge is -2.59. The standard InChI is InChI=1S/C24H38O3/c1-15(7-12-22(26)27)18-10-11-19-17-9-8-16-5-4-6-21(25)24(16,3)20(17)13-14-23(18,19)2/h8,15,17-21,25H,4-7,9-14H2,1-3H3,(H,26,27)/t15-,17+,18-,19+,20+,21?,23-,24+/m1/s1. The molecule has 0 aromatic heterocycles. The maximum atomic E-state index is 11.0. The van der Waals surface area contributed by atoms with Crippen molar-refractivity contribution in [2.45, 2.75) is 91.1 Å². The highest BCUT2D eigenvalue weighted by Crippen LogP contribution is 2.67. The summed E-state index contributed by atoms with van der Waals surface area (Å²) in [5.74, 6) is 2.60.